The average molecular weight is 511 g/mol. The number of hydrogen-bond donors (Lipinski definition) is 2. The fourth-order valence-corrected chi connectivity index (χ4v) is 5.01. The van der Waals surface area contributed by atoms with Gasteiger partial charge in [-0.05, 0) is 62.2 Å². The lowest BCUT2D eigenvalue weighted by Crippen LogP contribution is -2.35. The molecule has 0 fully saturated rings. The van der Waals surface area contributed by atoms with Crippen LogP contribution in [0.15, 0.2) is 51.8 Å². The van der Waals surface area contributed by atoms with Crippen LogP contribution in [-0.2, 0) is 9.53 Å². The fraction of sp³-hybridized carbons (Fsp3) is 0.269. The highest BCUT2D eigenvalue weighted by Crippen LogP contribution is 2.36. The van der Waals surface area contributed by atoms with E-state index in [1.54, 1.807) is 44.2 Å². The molecule has 188 valence electrons. The molecule has 10 heteroatoms. The standard InChI is InChI=1S/C26H26N2O7S/c1-5-34-20-11-15(7-9-18(20)30)12-21-24(31)28-14(3)22(25(32)35-6-2)23(27-26(28)36-21)16-8-10-17(29)19(13-16)33-4/h7-13,23,29-30H,5-6H2,1-4H3/b21-12-/t23-/m0/s1. The van der Waals surface area contributed by atoms with E-state index in [-0.39, 0.29) is 35.0 Å². The zero-order valence-electron chi connectivity index (χ0n) is 20.3. The molecule has 0 amide bonds. The third-order valence-corrected chi connectivity index (χ3v) is 6.62. The summed E-state index contributed by atoms with van der Waals surface area (Å²) < 4.78 is 17.8. The van der Waals surface area contributed by atoms with Gasteiger partial charge in [0.2, 0.25) is 0 Å². The Morgan fingerprint density at radius 3 is 2.53 bits per heavy atom. The molecule has 2 heterocycles. The molecule has 0 spiro atoms. The first-order valence-corrected chi connectivity index (χ1v) is 12.1. The quantitative estimate of drug-likeness (QED) is 0.469. The smallest absolute Gasteiger partial charge is 0.338 e. The number of fused-ring (bicyclic) bond motifs is 1. The van der Waals surface area contributed by atoms with Crippen LogP contribution in [0.3, 0.4) is 0 Å². The number of nitrogens with zero attached hydrogens (tertiary/aromatic N) is 2. The van der Waals surface area contributed by atoms with Crippen molar-refractivity contribution in [2.75, 3.05) is 20.3 Å². The molecule has 1 atom stereocenters. The number of rotatable bonds is 7. The molecule has 0 unspecified atom stereocenters. The minimum absolute atomic E-state index is 0.0104. The summed E-state index contributed by atoms with van der Waals surface area (Å²) in [6.07, 6.45) is 1.69. The van der Waals surface area contributed by atoms with Crippen LogP contribution in [0.5, 0.6) is 23.0 Å². The van der Waals surface area contributed by atoms with Gasteiger partial charge in [-0.2, -0.15) is 0 Å². The van der Waals surface area contributed by atoms with Gasteiger partial charge in [0.1, 0.15) is 6.04 Å². The van der Waals surface area contributed by atoms with Gasteiger partial charge in [0.25, 0.3) is 5.56 Å². The van der Waals surface area contributed by atoms with Crippen molar-refractivity contribution in [3.8, 4) is 23.0 Å². The van der Waals surface area contributed by atoms with Crippen molar-refractivity contribution in [2.45, 2.75) is 26.8 Å². The first kappa shape index (κ1) is 25.1. The van der Waals surface area contributed by atoms with Gasteiger partial charge in [0.05, 0.1) is 30.4 Å². The number of hydrogen-bond acceptors (Lipinski definition) is 9. The summed E-state index contributed by atoms with van der Waals surface area (Å²) >= 11 is 1.18. The van der Waals surface area contributed by atoms with Gasteiger partial charge in [-0.3, -0.25) is 9.36 Å². The summed E-state index contributed by atoms with van der Waals surface area (Å²) in [7, 11) is 1.43. The second kappa shape index (κ2) is 10.3. The minimum Gasteiger partial charge on any atom is -0.504 e. The number of aromatic hydroxyl groups is 2. The van der Waals surface area contributed by atoms with Crippen molar-refractivity contribution in [1.82, 2.24) is 4.57 Å². The minimum atomic E-state index is -0.761. The van der Waals surface area contributed by atoms with E-state index >= 15 is 0 Å². The Morgan fingerprint density at radius 2 is 1.83 bits per heavy atom. The Morgan fingerprint density at radius 1 is 1.11 bits per heavy atom. The molecule has 2 N–H and O–H groups in total. The van der Waals surface area contributed by atoms with Crippen LogP contribution in [0.4, 0.5) is 0 Å². The molecule has 9 nitrogen and oxygen atoms in total. The topological polar surface area (TPSA) is 120 Å². The largest absolute Gasteiger partial charge is 0.504 e. The Labute approximate surface area is 210 Å². The summed E-state index contributed by atoms with van der Waals surface area (Å²) in [5.74, 6) is -0.0506. The van der Waals surface area contributed by atoms with E-state index in [0.29, 0.717) is 38.5 Å². The first-order valence-electron chi connectivity index (χ1n) is 11.3. The van der Waals surface area contributed by atoms with Crippen LogP contribution < -0.4 is 24.4 Å². The lowest BCUT2D eigenvalue weighted by Gasteiger charge is -2.22. The van der Waals surface area contributed by atoms with Crippen molar-refractivity contribution >= 4 is 29.1 Å². The maximum atomic E-state index is 13.4. The molecule has 1 aliphatic heterocycles. The predicted molar refractivity (Wildman–Crippen MR) is 135 cm³/mol. The van der Waals surface area contributed by atoms with E-state index in [1.807, 2.05) is 6.92 Å². The third kappa shape index (κ3) is 4.59. The van der Waals surface area contributed by atoms with E-state index in [1.165, 1.54) is 35.1 Å². The number of methoxy groups -OCH3 is 1. The normalized spacial score (nSPS) is 15.3. The van der Waals surface area contributed by atoms with Gasteiger partial charge in [-0.1, -0.05) is 23.5 Å². The molecule has 1 aromatic heterocycles. The van der Waals surface area contributed by atoms with Gasteiger partial charge in [-0.25, -0.2) is 9.79 Å². The number of phenolic OH excluding ortho intramolecular Hbond substituents is 2. The molecule has 1 aliphatic rings. The number of carbonyl (C=O) groups excluding carboxylic acids is 1. The second-order valence-electron chi connectivity index (χ2n) is 7.88. The number of phenols is 2. The van der Waals surface area contributed by atoms with Crippen molar-refractivity contribution in [1.29, 1.82) is 0 Å². The molecule has 0 aliphatic carbocycles. The lowest BCUT2D eigenvalue weighted by molar-refractivity contribution is -0.138. The maximum Gasteiger partial charge on any atom is 0.338 e. The number of thiazole rings is 1. The van der Waals surface area contributed by atoms with Crippen LogP contribution in [0.1, 0.15) is 37.9 Å². The maximum absolute atomic E-state index is 13.4. The molecule has 36 heavy (non-hydrogen) atoms. The fourth-order valence-electron chi connectivity index (χ4n) is 3.97. The molecule has 4 rings (SSSR count). The molecular formula is C26H26N2O7S. The molecular weight excluding hydrogens is 484 g/mol. The van der Waals surface area contributed by atoms with Gasteiger partial charge >= 0.3 is 5.97 Å². The molecule has 0 saturated carbocycles. The number of allylic oxidation sites excluding steroid dienone is 1. The van der Waals surface area contributed by atoms with Crippen molar-refractivity contribution in [3.63, 3.8) is 0 Å². The van der Waals surface area contributed by atoms with Crippen LogP contribution in [-0.4, -0.2) is 41.1 Å². The summed E-state index contributed by atoms with van der Waals surface area (Å²) in [5, 5.41) is 20.0. The molecule has 0 saturated heterocycles. The summed E-state index contributed by atoms with van der Waals surface area (Å²) in [4.78, 5) is 31.5. The second-order valence-corrected chi connectivity index (χ2v) is 8.89. The highest BCUT2D eigenvalue weighted by Gasteiger charge is 2.32. The van der Waals surface area contributed by atoms with E-state index in [9.17, 15) is 19.8 Å². The SMILES string of the molecule is CCOC(=O)C1=C(C)n2c(s/c(=C\c3ccc(O)c(OCC)c3)c2=O)=N[C@H]1c1ccc(O)c(OC)c1. The molecule has 3 aromatic rings. The summed E-state index contributed by atoms with van der Waals surface area (Å²) in [6, 6.07) is 8.80. The van der Waals surface area contributed by atoms with Gasteiger partial charge in [0.15, 0.2) is 27.8 Å². The highest BCUT2D eigenvalue weighted by atomic mass is 32.1. The average Bonchev–Trinajstić information content (AvgIpc) is 3.16. The summed E-state index contributed by atoms with van der Waals surface area (Å²) in [5.41, 5.74) is 1.58. The van der Waals surface area contributed by atoms with E-state index in [2.05, 4.69) is 0 Å². The summed E-state index contributed by atoms with van der Waals surface area (Å²) in [6.45, 7) is 5.74. The Bertz CT molecular complexity index is 1530. The first-order chi connectivity index (χ1) is 17.3. The van der Waals surface area contributed by atoms with Crippen LogP contribution in [0, 0.1) is 0 Å². The third-order valence-electron chi connectivity index (χ3n) is 5.64. The van der Waals surface area contributed by atoms with E-state index in [0.717, 1.165) is 0 Å². The number of benzene rings is 2. The number of carbonyl (C=O) groups is 1. The van der Waals surface area contributed by atoms with E-state index < -0.39 is 12.0 Å². The Hall–Kier alpha value is -4.05. The van der Waals surface area contributed by atoms with Crippen molar-refractivity contribution in [3.05, 3.63) is 72.8 Å². The zero-order chi connectivity index (χ0) is 26.0. The zero-order valence-corrected chi connectivity index (χ0v) is 21.1. The van der Waals surface area contributed by atoms with Crippen LogP contribution >= 0.6 is 11.3 Å². The van der Waals surface area contributed by atoms with Gasteiger partial charge in [-0.15, -0.1) is 0 Å². The van der Waals surface area contributed by atoms with Gasteiger partial charge < -0.3 is 24.4 Å². The van der Waals surface area contributed by atoms with Crippen molar-refractivity contribution in [2.24, 2.45) is 4.99 Å². The number of aromatic nitrogens is 1. The monoisotopic (exact) mass is 510 g/mol. The lowest BCUT2D eigenvalue weighted by atomic mass is 9.96. The number of ether oxygens (including phenoxy) is 3. The molecule has 2 aromatic carbocycles. The van der Waals surface area contributed by atoms with Crippen LogP contribution in [0.2, 0.25) is 0 Å². The van der Waals surface area contributed by atoms with Gasteiger partial charge in [0, 0.05) is 5.70 Å². The van der Waals surface area contributed by atoms with Crippen LogP contribution in [0.25, 0.3) is 11.8 Å². The Kier molecular flexibility index (Phi) is 7.16. The molecule has 0 radical (unpaired) electrons. The Balaban J connectivity index is 1.92. The predicted octanol–water partition coefficient (Wildman–Crippen LogP) is 2.73. The van der Waals surface area contributed by atoms with E-state index in [4.69, 9.17) is 19.2 Å². The number of esters is 1. The molecule has 0 bridgehead atoms. The highest BCUT2D eigenvalue weighted by molar-refractivity contribution is 7.07. The van der Waals surface area contributed by atoms with Crippen molar-refractivity contribution < 1.29 is 29.2 Å².